The fourth-order valence-corrected chi connectivity index (χ4v) is 2.75. The zero-order valence-corrected chi connectivity index (χ0v) is 12.8. The molecule has 0 aliphatic carbocycles. The number of aromatic nitrogens is 1. The number of benzene rings is 1. The fraction of sp³-hybridized carbons (Fsp3) is 0.231. The smallest absolute Gasteiger partial charge is 0.341 e. The van der Waals surface area contributed by atoms with Gasteiger partial charge in [0.25, 0.3) is 0 Å². The molecule has 3 nitrogen and oxygen atoms in total. The molecule has 19 heavy (non-hydrogen) atoms. The van der Waals surface area contributed by atoms with Crippen LogP contribution < -0.4 is 0 Å². The standard InChI is InChI=1S/C13H11BrFNO2S/c1-7-12(19-8(2)16-7)6-18-13(17)10-4-3-9(14)5-11(10)15/h3-5H,6H2,1-2H3. The van der Waals surface area contributed by atoms with Gasteiger partial charge in [0.2, 0.25) is 0 Å². The number of nitrogens with zero attached hydrogens (tertiary/aromatic N) is 1. The van der Waals surface area contributed by atoms with Crippen LogP contribution in [0.2, 0.25) is 0 Å². The third kappa shape index (κ3) is 3.39. The molecule has 1 aromatic carbocycles. The zero-order valence-electron chi connectivity index (χ0n) is 10.4. The largest absolute Gasteiger partial charge is 0.456 e. The molecular formula is C13H11BrFNO2S. The van der Waals surface area contributed by atoms with Crippen LogP contribution in [0.4, 0.5) is 4.39 Å². The molecule has 0 aliphatic heterocycles. The van der Waals surface area contributed by atoms with Gasteiger partial charge in [0.1, 0.15) is 12.4 Å². The molecule has 0 radical (unpaired) electrons. The van der Waals surface area contributed by atoms with Crippen molar-refractivity contribution < 1.29 is 13.9 Å². The van der Waals surface area contributed by atoms with E-state index in [0.717, 1.165) is 15.6 Å². The maximum atomic E-state index is 13.6. The minimum absolute atomic E-state index is 0.0675. The van der Waals surface area contributed by atoms with Crippen molar-refractivity contribution in [1.82, 2.24) is 4.98 Å². The molecule has 100 valence electrons. The Balaban J connectivity index is 2.07. The van der Waals surface area contributed by atoms with Gasteiger partial charge in [-0.3, -0.25) is 0 Å². The number of ether oxygens (including phenoxy) is 1. The van der Waals surface area contributed by atoms with E-state index in [2.05, 4.69) is 20.9 Å². The molecular weight excluding hydrogens is 333 g/mol. The number of hydrogen-bond acceptors (Lipinski definition) is 4. The van der Waals surface area contributed by atoms with Crippen molar-refractivity contribution >= 4 is 33.2 Å². The van der Waals surface area contributed by atoms with E-state index in [1.165, 1.54) is 23.5 Å². The summed E-state index contributed by atoms with van der Waals surface area (Å²) in [4.78, 5) is 16.9. The average molecular weight is 344 g/mol. The molecule has 0 atom stereocenters. The van der Waals surface area contributed by atoms with Crippen LogP contribution in [0, 0.1) is 19.7 Å². The van der Waals surface area contributed by atoms with E-state index < -0.39 is 11.8 Å². The number of hydrogen-bond donors (Lipinski definition) is 0. The van der Waals surface area contributed by atoms with Gasteiger partial charge < -0.3 is 4.74 Å². The van der Waals surface area contributed by atoms with E-state index in [0.29, 0.717) is 4.47 Å². The van der Waals surface area contributed by atoms with Crippen molar-refractivity contribution in [3.05, 3.63) is 49.6 Å². The summed E-state index contributed by atoms with van der Waals surface area (Å²) in [5.41, 5.74) is 0.772. The Bertz CT molecular complexity index is 627. The number of halogens is 2. The van der Waals surface area contributed by atoms with E-state index in [-0.39, 0.29) is 12.2 Å². The molecule has 1 aromatic heterocycles. The number of thiazole rings is 1. The van der Waals surface area contributed by atoms with Crippen LogP contribution in [-0.2, 0) is 11.3 Å². The van der Waals surface area contributed by atoms with Gasteiger partial charge in [-0.05, 0) is 32.0 Å². The Hall–Kier alpha value is -1.27. The van der Waals surface area contributed by atoms with Crippen LogP contribution in [-0.4, -0.2) is 11.0 Å². The molecule has 0 unspecified atom stereocenters. The minimum atomic E-state index is -0.671. The molecule has 6 heteroatoms. The van der Waals surface area contributed by atoms with Gasteiger partial charge in [0, 0.05) is 4.47 Å². The highest BCUT2D eigenvalue weighted by Crippen LogP contribution is 2.20. The van der Waals surface area contributed by atoms with Gasteiger partial charge in [-0.15, -0.1) is 11.3 Å². The molecule has 2 aromatic rings. The second kappa shape index (κ2) is 5.79. The predicted octanol–water partition coefficient (Wildman–Crippen LogP) is 4.02. The zero-order chi connectivity index (χ0) is 14.0. The molecule has 0 saturated carbocycles. The van der Waals surface area contributed by atoms with Gasteiger partial charge in [0.05, 0.1) is 21.1 Å². The van der Waals surface area contributed by atoms with E-state index in [1.54, 1.807) is 6.07 Å². The third-order valence-corrected chi connectivity index (χ3v) is 4.02. The van der Waals surface area contributed by atoms with Crippen molar-refractivity contribution in [3.8, 4) is 0 Å². The lowest BCUT2D eigenvalue weighted by Crippen LogP contribution is -2.07. The quantitative estimate of drug-likeness (QED) is 0.790. The lowest BCUT2D eigenvalue weighted by molar-refractivity contribution is 0.0470. The molecule has 0 fully saturated rings. The summed E-state index contributed by atoms with van der Waals surface area (Å²) >= 11 is 4.60. The topological polar surface area (TPSA) is 39.2 Å². The second-order valence-electron chi connectivity index (χ2n) is 3.94. The van der Waals surface area contributed by atoms with Gasteiger partial charge in [0.15, 0.2) is 0 Å². The van der Waals surface area contributed by atoms with Crippen molar-refractivity contribution in [3.63, 3.8) is 0 Å². The van der Waals surface area contributed by atoms with Gasteiger partial charge in [-0.2, -0.15) is 0 Å². The highest BCUT2D eigenvalue weighted by molar-refractivity contribution is 9.10. The summed E-state index contributed by atoms with van der Waals surface area (Å²) in [5, 5.41) is 0.915. The van der Waals surface area contributed by atoms with Crippen molar-refractivity contribution in [2.45, 2.75) is 20.5 Å². The number of aryl methyl sites for hydroxylation is 2. The SMILES string of the molecule is Cc1nc(C)c(COC(=O)c2ccc(Br)cc2F)s1. The van der Waals surface area contributed by atoms with Crippen molar-refractivity contribution in [2.75, 3.05) is 0 Å². The summed E-state index contributed by atoms with van der Waals surface area (Å²) in [5.74, 6) is -1.27. The van der Waals surface area contributed by atoms with Crippen LogP contribution in [0.1, 0.15) is 25.9 Å². The third-order valence-electron chi connectivity index (χ3n) is 2.48. The first-order valence-electron chi connectivity index (χ1n) is 5.52. The second-order valence-corrected chi connectivity index (χ2v) is 6.15. The molecule has 0 amide bonds. The maximum Gasteiger partial charge on any atom is 0.341 e. The van der Waals surface area contributed by atoms with E-state index in [4.69, 9.17) is 4.74 Å². The van der Waals surface area contributed by atoms with E-state index in [1.807, 2.05) is 13.8 Å². The van der Waals surface area contributed by atoms with Crippen molar-refractivity contribution in [2.24, 2.45) is 0 Å². The molecule has 0 N–H and O–H groups in total. The molecule has 0 spiro atoms. The van der Waals surface area contributed by atoms with Crippen LogP contribution in [0.5, 0.6) is 0 Å². The van der Waals surface area contributed by atoms with Crippen LogP contribution in [0.3, 0.4) is 0 Å². The summed E-state index contributed by atoms with van der Waals surface area (Å²) in [6, 6.07) is 4.23. The Kier molecular flexibility index (Phi) is 4.31. The van der Waals surface area contributed by atoms with Crippen LogP contribution in [0.25, 0.3) is 0 Å². The number of carbonyl (C=O) groups excluding carboxylic acids is 1. The van der Waals surface area contributed by atoms with Gasteiger partial charge in [-0.1, -0.05) is 15.9 Å². The number of esters is 1. The predicted molar refractivity (Wildman–Crippen MR) is 74.8 cm³/mol. The maximum absolute atomic E-state index is 13.6. The fourth-order valence-electron chi connectivity index (χ4n) is 1.57. The highest BCUT2D eigenvalue weighted by Gasteiger charge is 2.15. The van der Waals surface area contributed by atoms with E-state index >= 15 is 0 Å². The lowest BCUT2D eigenvalue weighted by Gasteiger charge is -2.05. The number of carbonyl (C=O) groups is 1. The Morgan fingerprint density at radius 3 is 2.79 bits per heavy atom. The van der Waals surface area contributed by atoms with Crippen LogP contribution >= 0.6 is 27.3 Å². The first-order valence-corrected chi connectivity index (χ1v) is 7.13. The minimum Gasteiger partial charge on any atom is -0.456 e. The number of rotatable bonds is 3. The molecule has 0 bridgehead atoms. The summed E-state index contributed by atoms with van der Waals surface area (Å²) < 4.78 is 19.3. The first kappa shape index (κ1) is 14.1. The Labute approximate surface area is 122 Å². The van der Waals surface area contributed by atoms with Crippen LogP contribution in [0.15, 0.2) is 22.7 Å². The monoisotopic (exact) mass is 343 g/mol. The van der Waals surface area contributed by atoms with Crippen molar-refractivity contribution in [1.29, 1.82) is 0 Å². The average Bonchev–Trinajstić information content (AvgIpc) is 2.65. The summed E-state index contributed by atoms with van der Waals surface area (Å²) in [6.45, 7) is 3.86. The van der Waals surface area contributed by atoms with E-state index in [9.17, 15) is 9.18 Å². The highest BCUT2D eigenvalue weighted by atomic mass is 79.9. The normalized spacial score (nSPS) is 10.5. The molecule has 1 heterocycles. The summed E-state index contributed by atoms with van der Waals surface area (Å²) in [7, 11) is 0. The lowest BCUT2D eigenvalue weighted by atomic mass is 10.2. The van der Waals surface area contributed by atoms with Gasteiger partial charge in [-0.25, -0.2) is 14.2 Å². The molecule has 0 saturated heterocycles. The molecule has 2 rings (SSSR count). The van der Waals surface area contributed by atoms with Gasteiger partial charge >= 0.3 is 5.97 Å². The summed E-state index contributed by atoms with van der Waals surface area (Å²) in [6.07, 6.45) is 0. The Morgan fingerprint density at radius 1 is 1.47 bits per heavy atom. The molecule has 0 aliphatic rings. The first-order chi connectivity index (χ1) is 8.97. The Morgan fingerprint density at radius 2 is 2.21 bits per heavy atom.